The third kappa shape index (κ3) is 11.6. The van der Waals surface area contributed by atoms with Gasteiger partial charge in [0.25, 0.3) is 0 Å². The zero-order valence-electron chi connectivity index (χ0n) is 23.4. The number of likely N-dealkylation sites (tertiary alicyclic amines) is 1. The molecule has 0 aromatic carbocycles. The molecule has 0 aromatic heterocycles. The Kier molecular flexibility index (Phi) is 14.5. The highest BCUT2D eigenvalue weighted by atomic mass is 16.4. The zero-order valence-corrected chi connectivity index (χ0v) is 23.4. The van der Waals surface area contributed by atoms with Gasteiger partial charge < -0.3 is 54.0 Å². The molecule has 17 nitrogen and oxygen atoms in total. The Bertz CT molecular complexity index is 986. The summed E-state index contributed by atoms with van der Waals surface area (Å²) >= 11 is 0. The number of nitrogens with two attached hydrogens (primary N) is 4. The number of carboxylic acid groups (broad SMARTS) is 1. The van der Waals surface area contributed by atoms with Crippen LogP contribution in [0.3, 0.4) is 0 Å². The first-order chi connectivity index (χ1) is 19.2. The van der Waals surface area contributed by atoms with E-state index >= 15 is 0 Å². The van der Waals surface area contributed by atoms with E-state index in [0.29, 0.717) is 19.4 Å². The molecule has 1 rings (SSSR count). The minimum Gasteiger partial charge on any atom is -0.480 e. The normalized spacial score (nSPS) is 17.6. The van der Waals surface area contributed by atoms with Crippen LogP contribution >= 0.6 is 0 Å². The SMILES string of the molecule is CC(C)[C@H](N)C(=O)N1CCC[C@H]1C(=O)N[C@@H](CCC(N)=O)C(=O)N[C@@H](CO)C(=O)N[C@@H](CCCN=C(N)N)C(=O)O. The fraction of sp³-hybridized carbons (Fsp3) is 0.708. The van der Waals surface area contributed by atoms with Crippen molar-refractivity contribution in [2.24, 2.45) is 33.8 Å². The Labute approximate surface area is 237 Å². The topological polar surface area (TPSA) is 299 Å². The van der Waals surface area contributed by atoms with E-state index in [1.807, 2.05) is 0 Å². The fourth-order valence-corrected chi connectivity index (χ4v) is 4.10. The van der Waals surface area contributed by atoms with Crippen molar-refractivity contribution in [1.29, 1.82) is 0 Å². The highest BCUT2D eigenvalue weighted by Gasteiger charge is 2.38. The van der Waals surface area contributed by atoms with E-state index in [9.17, 15) is 39.0 Å². The number of aliphatic imine (C=N–C) groups is 1. The monoisotopic (exact) mass is 585 g/mol. The molecular formula is C24H43N9O8. The van der Waals surface area contributed by atoms with E-state index < -0.39 is 72.3 Å². The fourth-order valence-electron chi connectivity index (χ4n) is 4.10. The summed E-state index contributed by atoms with van der Waals surface area (Å²) in [6.07, 6.45) is 0.510. The second-order valence-corrected chi connectivity index (χ2v) is 10.1. The molecule has 232 valence electrons. The third-order valence-electron chi connectivity index (χ3n) is 6.53. The number of aliphatic hydroxyl groups excluding tert-OH is 1. The second-order valence-electron chi connectivity index (χ2n) is 10.1. The summed E-state index contributed by atoms with van der Waals surface area (Å²) in [6, 6.07) is -6.02. The first-order valence-corrected chi connectivity index (χ1v) is 13.3. The van der Waals surface area contributed by atoms with Crippen LogP contribution in [0.4, 0.5) is 0 Å². The minimum absolute atomic E-state index is 0.0433. The first-order valence-electron chi connectivity index (χ1n) is 13.3. The van der Waals surface area contributed by atoms with Gasteiger partial charge in [0.1, 0.15) is 24.2 Å². The molecule has 0 unspecified atom stereocenters. The smallest absolute Gasteiger partial charge is 0.326 e. The standard InChI is InChI=1S/C24H43N9O8/c1-12(2)18(26)22(39)33-10-4-6-16(33)21(38)30-13(7-8-17(25)35)19(36)32-15(11-34)20(37)31-14(23(40)41)5-3-9-29-24(27)28/h12-16,18,34H,3-11,26H2,1-2H3,(H2,25,35)(H,30,38)(H,31,37)(H,32,36)(H,40,41)(H4,27,28,29)/t13-,14-,15-,16-,18-/m0/s1. The van der Waals surface area contributed by atoms with Gasteiger partial charge in [0.15, 0.2) is 5.96 Å². The van der Waals surface area contributed by atoms with E-state index in [-0.39, 0.29) is 44.1 Å². The number of carbonyl (C=O) groups is 6. The van der Waals surface area contributed by atoms with E-state index in [0.717, 1.165) is 0 Å². The van der Waals surface area contributed by atoms with Gasteiger partial charge >= 0.3 is 5.97 Å². The van der Waals surface area contributed by atoms with Gasteiger partial charge in [-0.1, -0.05) is 13.8 Å². The van der Waals surface area contributed by atoms with Crippen molar-refractivity contribution < 1.29 is 39.0 Å². The van der Waals surface area contributed by atoms with Crippen LogP contribution < -0.4 is 38.9 Å². The van der Waals surface area contributed by atoms with Crippen molar-refractivity contribution in [3.63, 3.8) is 0 Å². The molecule has 1 aliphatic heterocycles. The van der Waals surface area contributed by atoms with Gasteiger partial charge in [0.2, 0.25) is 29.5 Å². The van der Waals surface area contributed by atoms with Crippen molar-refractivity contribution in [2.75, 3.05) is 19.7 Å². The maximum absolute atomic E-state index is 13.1. The molecule has 0 radical (unpaired) electrons. The molecular weight excluding hydrogens is 542 g/mol. The molecule has 0 bridgehead atoms. The number of amides is 5. The Morgan fingerprint density at radius 2 is 1.56 bits per heavy atom. The van der Waals surface area contributed by atoms with Gasteiger partial charge in [-0.2, -0.15) is 0 Å². The van der Waals surface area contributed by atoms with Crippen molar-refractivity contribution in [1.82, 2.24) is 20.9 Å². The summed E-state index contributed by atoms with van der Waals surface area (Å²) < 4.78 is 0. The van der Waals surface area contributed by atoms with Crippen molar-refractivity contribution in [2.45, 2.75) is 82.6 Å². The van der Waals surface area contributed by atoms with Gasteiger partial charge in [-0.15, -0.1) is 0 Å². The zero-order chi connectivity index (χ0) is 31.3. The first kappa shape index (κ1) is 35.0. The summed E-state index contributed by atoms with van der Waals surface area (Å²) in [5.74, 6) is -5.43. The van der Waals surface area contributed by atoms with Crippen molar-refractivity contribution in [3.05, 3.63) is 0 Å². The summed E-state index contributed by atoms with van der Waals surface area (Å²) in [5.41, 5.74) is 21.6. The summed E-state index contributed by atoms with van der Waals surface area (Å²) in [4.78, 5) is 79.7. The average molecular weight is 586 g/mol. The van der Waals surface area contributed by atoms with Crippen LogP contribution in [0.15, 0.2) is 4.99 Å². The lowest BCUT2D eigenvalue weighted by atomic mass is 10.0. The van der Waals surface area contributed by atoms with Gasteiger partial charge in [-0.05, 0) is 38.0 Å². The van der Waals surface area contributed by atoms with E-state index in [1.165, 1.54) is 4.90 Å². The summed E-state index contributed by atoms with van der Waals surface area (Å²) in [7, 11) is 0. The Morgan fingerprint density at radius 1 is 0.951 bits per heavy atom. The van der Waals surface area contributed by atoms with Crippen LogP contribution in [0.1, 0.15) is 52.4 Å². The van der Waals surface area contributed by atoms with Crippen LogP contribution in [0.5, 0.6) is 0 Å². The molecule has 1 saturated heterocycles. The summed E-state index contributed by atoms with van der Waals surface area (Å²) in [6.45, 7) is 3.08. The molecule has 0 spiro atoms. The van der Waals surface area contributed by atoms with Crippen LogP contribution in [0, 0.1) is 5.92 Å². The number of carboxylic acids is 1. The molecule has 17 heteroatoms. The lowest BCUT2D eigenvalue weighted by molar-refractivity contribution is -0.143. The van der Waals surface area contributed by atoms with Gasteiger partial charge in [0.05, 0.1) is 12.6 Å². The highest BCUT2D eigenvalue weighted by Crippen LogP contribution is 2.20. The number of primary amides is 1. The van der Waals surface area contributed by atoms with Gasteiger partial charge in [0, 0.05) is 19.5 Å². The molecule has 1 heterocycles. The number of carbonyl (C=O) groups excluding carboxylic acids is 5. The average Bonchev–Trinajstić information content (AvgIpc) is 3.39. The van der Waals surface area contributed by atoms with E-state index in [1.54, 1.807) is 13.8 Å². The van der Waals surface area contributed by atoms with Crippen LogP contribution in [-0.4, -0.2) is 106 Å². The summed E-state index contributed by atoms with van der Waals surface area (Å²) in [5, 5.41) is 26.2. The number of aliphatic hydroxyl groups is 1. The molecule has 1 aliphatic rings. The van der Waals surface area contributed by atoms with Gasteiger partial charge in [-0.25, -0.2) is 4.79 Å². The number of nitrogens with zero attached hydrogens (tertiary/aromatic N) is 2. The number of rotatable bonds is 17. The molecule has 0 aromatic rings. The quantitative estimate of drug-likeness (QED) is 0.0448. The highest BCUT2D eigenvalue weighted by molar-refractivity contribution is 5.96. The number of hydrogen-bond acceptors (Lipinski definition) is 9. The Morgan fingerprint density at radius 3 is 2.10 bits per heavy atom. The number of nitrogens with one attached hydrogen (secondary N) is 3. The maximum atomic E-state index is 13.1. The third-order valence-corrected chi connectivity index (χ3v) is 6.53. The van der Waals surface area contributed by atoms with Crippen molar-refractivity contribution in [3.8, 4) is 0 Å². The Hall–Kier alpha value is -3.99. The molecule has 1 fully saturated rings. The van der Waals surface area contributed by atoms with Crippen molar-refractivity contribution >= 4 is 41.5 Å². The van der Waals surface area contributed by atoms with Crippen LogP contribution in [-0.2, 0) is 28.8 Å². The van der Waals surface area contributed by atoms with E-state index in [2.05, 4.69) is 20.9 Å². The Balaban J connectivity index is 2.95. The molecule has 0 aliphatic carbocycles. The molecule has 13 N–H and O–H groups in total. The maximum Gasteiger partial charge on any atom is 0.326 e. The molecule has 0 saturated carbocycles. The number of aliphatic carboxylic acids is 1. The minimum atomic E-state index is -1.58. The van der Waals surface area contributed by atoms with Gasteiger partial charge in [-0.3, -0.25) is 29.0 Å². The lowest BCUT2D eigenvalue weighted by Gasteiger charge is -2.29. The molecule has 5 atom stereocenters. The van der Waals surface area contributed by atoms with Crippen LogP contribution in [0.2, 0.25) is 0 Å². The predicted octanol–water partition coefficient (Wildman–Crippen LogP) is -4.19. The second kappa shape index (κ2) is 17.0. The molecule has 41 heavy (non-hydrogen) atoms. The largest absolute Gasteiger partial charge is 0.480 e. The number of guanidine groups is 1. The van der Waals surface area contributed by atoms with Crippen LogP contribution in [0.25, 0.3) is 0 Å². The lowest BCUT2D eigenvalue weighted by Crippen LogP contribution is -2.59. The predicted molar refractivity (Wildman–Crippen MR) is 146 cm³/mol. The molecule has 5 amide bonds. The number of hydrogen-bond donors (Lipinski definition) is 9. The van der Waals surface area contributed by atoms with E-state index in [4.69, 9.17) is 22.9 Å².